The van der Waals surface area contributed by atoms with E-state index in [1.807, 2.05) is 62.4 Å². The average molecular weight is 400 g/mol. The molecule has 2 heterocycles. The molecule has 0 aliphatic rings. The average Bonchev–Trinajstić information content (AvgIpc) is 3.35. The van der Waals surface area contributed by atoms with Crippen LogP contribution in [0.4, 0.5) is 0 Å². The summed E-state index contributed by atoms with van der Waals surface area (Å²) in [4.78, 5) is 9.22. The third-order valence-electron chi connectivity index (χ3n) is 5.19. The van der Waals surface area contributed by atoms with E-state index in [0.29, 0.717) is 22.9 Å². The van der Waals surface area contributed by atoms with E-state index < -0.39 is 0 Å². The standard InChI is InChI=1S/C24H20N2O4/c1-13-9-17-21(11-19(13)27-3)29-23(25-17)15-5-7-16(8-6-15)24-26-18-10-14(2)20(28-4)12-22(18)30-24/h5-12H,1-4H3. The topological polar surface area (TPSA) is 70.5 Å². The predicted molar refractivity (Wildman–Crippen MR) is 115 cm³/mol. The van der Waals surface area contributed by atoms with Crippen LogP contribution in [0.15, 0.2) is 57.4 Å². The summed E-state index contributed by atoms with van der Waals surface area (Å²) in [6.45, 7) is 3.97. The van der Waals surface area contributed by atoms with Gasteiger partial charge in [0.2, 0.25) is 11.8 Å². The highest BCUT2D eigenvalue weighted by atomic mass is 16.5. The molecule has 5 rings (SSSR count). The number of aryl methyl sites for hydroxylation is 2. The van der Waals surface area contributed by atoms with Crippen LogP contribution in [0.25, 0.3) is 45.1 Å². The first-order valence-corrected chi connectivity index (χ1v) is 9.57. The smallest absolute Gasteiger partial charge is 0.227 e. The van der Waals surface area contributed by atoms with Gasteiger partial charge in [-0.15, -0.1) is 0 Å². The monoisotopic (exact) mass is 400 g/mol. The second-order valence-electron chi connectivity index (χ2n) is 7.19. The Morgan fingerprint density at radius 2 is 1.03 bits per heavy atom. The molecule has 0 saturated carbocycles. The first-order valence-electron chi connectivity index (χ1n) is 9.57. The van der Waals surface area contributed by atoms with Gasteiger partial charge in [0.05, 0.1) is 14.2 Å². The summed E-state index contributed by atoms with van der Waals surface area (Å²) >= 11 is 0. The zero-order chi connectivity index (χ0) is 20.8. The predicted octanol–water partition coefficient (Wildman–Crippen LogP) is 5.94. The lowest BCUT2D eigenvalue weighted by Crippen LogP contribution is -1.86. The molecule has 2 aromatic heterocycles. The van der Waals surface area contributed by atoms with Gasteiger partial charge < -0.3 is 18.3 Å². The number of oxazole rings is 2. The van der Waals surface area contributed by atoms with Crippen molar-refractivity contribution in [3.8, 4) is 34.4 Å². The lowest BCUT2D eigenvalue weighted by Gasteiger charge is -2.02. The van der Waals surface area contributed by atoms with Gasteiger partial charge in [-0.2, -0.15) is 0 Å². The first-order chi connectivity index (χ1) is 14.6. The minimum atomic E-state index is 0.558. The van der Waals surface area contributed by atoms with E-state index in [0.717, 1.165) is 44.8 Å². The van der Waals surface area contributed by atoms with Crippen LogP contribution in [0.2, 0.25) is 0 Å². The first kappa shape index (κ1) is 18.2. The van der Waals surface area contributed by atoms with Crippen LogP contribution in [0.1, 0.15) is 11.1 Å². The van der Waals surface area contributed by atoms with Gasteiger partial charge in [0.15, 0.2) is 11.2 Å². The third-order valence-corrected chi connectivity index (χ3v) is 5.19. The summed E-state index contributed by atoms with van der Waals surface area (Å²) in [5.74, 6) is 2.68. The van der Waals surface area contributed by atoms with E-state index in [9.17, 15) is 0 Å². The molecule has 0 atom stereocenters. The van der Waals surface area contributed by atoms with Crippen LogP contribution in [0, 0.1) is 13.8 Å². The number of rotatable bonds is 4. The molecule has 0 N–H and O–H groups in total. The van der Waals surface area contributed by atoms with Crippen LogP contribution in [-0.2, 0) is 0 Å². The van der Waals surface area contributed by atoms with Crippen molar-refractivity contribution in [3.05, 3.63) is 59.7 Å². The SMILES string of the molecule is COc1cc2oc(-c3ccc(-c4nc5cc(C)c(OC)cc5o4)cc3)nc2cc1C. The summed E-state index contributed by atoms with van der Waals surface area (Å²) < 4.78 is 22.6. The summed E-state index contributed by atoms with van der Waals surface area (Å²) in [6.07, 6.45) is 0. The number of methoxy groups -OCH3 is 2. The number of ether oxygens (including phenoxy) is 2. The molecule has 0 fully saturated rings. The van der Waals surface area contributed by atoms with E-state index in [-0.39, 0.29) is 0 Å². The normalized spacial score (nSPS) is 11.3. The maximum absolute atomic E-state index is 5.94. The Hall–Kier alpha value is -3.80. The Morgan fingerprint density at radius 3 is 1.40 bits per heavy atom. The maximum Gasteiger partial charge on any atom is 0.227 e. The van der Waals surface area contributed by atoms with Crippen molar-refractivity contribution < 1.29 is 18.3 Å². The molecule has 3 aromatic carbocycles. The zero-order valence-corrected chi connectivity index (χ0v) is 17.1. The fraction of sp³-hybridized carbons (Fsp3) is 0.167. The lowest BCUT2D eigenvalue weighted by atomic mass is 10.1. The fourth-order valence-corrected chi connectivity index (χ4v) is 3.56. The van der Waals surface area contributed by atoms with Crippen molar-refractivity contribution in [2.24, 2.45) is 0 Å². The molecule has 0 saturated heterocycles. The molecular formula is C24H20N2O4. The zero-order valence-electron chi connectivity index (χ0n) is 17.1. The van der Waals surface area contributed by atoms with Gasteiger partial charge in [-0.05, 0) is 61.4 Å². The van der Waals surface area contributed by atoms with E-state index in [2.05, 4.69) is 9.97 Å². The molecule has 0 spiro atoms. The summed E-state index contributed by atoms with van der Waals surface area (Å²) in [5, 5.41) is 0. The lowest BCUT2D eigenvalue weighted by molar-refractivity contribution is 0.411. The second-order valence-corrected chi connectivity index (χ2v) is 7.19. The van der Waals surface area contributed by atoms with E-state index in [1.165, 1.54) is 0 Å². The molecule has 5 aromatic rings. The maximum atomic E-state index is 5.94. The molecule has 0 aliphatic heterocycles. The van der Waals surface area contributed by atoms with Gasteiger partial charge in [-0.3, -0.25) is 0 Å². The molecule has 6 nitrogen and oxygen atoms in total. The van der Waals surface area contributed by atoms with Gasteiger partial charge in [0.1, 0.15) is 22.5 Å². The van der Waals surface area contributed by atoms with Crippen LogP contribution in [0.3, 0.4) is 0 Å². The molecule has 0 amide bonds. The van der Waals surface area contributed by atoms with Crippen LogP contribution in [-0.4, -0.2) is 24.2 Å². The Bertz CT molecular complexity index is 1270. The van der Waals surface area contributed by atoms with Crippen LogP contribution >= 0.6 is 0 Å². The third kappa shape index (κ3) is 2.97. The van der Waals surface area contributed by atoms with Crippen molar-refractivity contribution >= 4 is 22.2 Å². The summed E-state index contributed by atoms with van der Waals surface area (Å²) in [5.41, 5.74) is 6.78. The minimum absolute atomic E-state index is 0.558. The highest BCUT2D eigenvalue weighted by molar-refractivity contribution is 5.81. The Balaban J connectivity index is 1.50. The molecule has 30 heavy (non-hydrogen) atoms. The summed E-state index contributed by atoms with van der Waals surface area (Å²) in [7, 11) is 3.29. The van der Waals surface area contributed by atoms with Gasteiger partial charge in [0, 0.05) is 23.3 Å². The molecule has 150 valence electrons. The van der Waals surface area contributed by atoms with Gasteiger partial charge in [-0.25, -0.2) is 9.97 Å². The minimum Gasteiger partial charge on any atom is -0.496 e. The van der Waals surface area contributed by atoms with Crippen molar-refractivity contribution in [1.29, 1.82) is 0 Å². The molecule has 0 radical (unpaired) electrons. The Labute approximate surface area is 173 Å². The van der Waals surface area contributed by atoms with Crippen molar-refractivity contribution in [2.45, 2.75) is 13.8 Å². The van der Waals surface area contributed by atoms with E-state index >= 15 is 0 Å². The van der Waals surface area contributed by atoms with Crippen LogP contribution in [0.5, 0.6) is 11.5 Å². The van der Waals surface area contributed by atoms with Crippen molar-refractivity contribution in [3.63, 3.8) is 0 Å². The number of aromatic nitrogens is 2. The van der Waals surface area contributed by atoms with E-state index in [4.69, 9.17) is 18.3 Å². The van der Waals surface area contributed by atoms with Crippen molar-refractivity contribution in [1.82, 2.24) is 9.97 Å². The number of fused-ring (bicyclic) bond motifs is 2. The molecule has 0 aliphatic carbocycles. The van der Waals surface area contributed by atoms with Crippen molar-refractivity contribution in [2.75, 3.05) is 14.2 Å². The number of nitrogens with zero attached hydrogens (tertiary/aromatic N) is 2. The summed E-state index contributed by atoms with van der Waals surface area (Å²) in [6, 6.07) is 15.5. The Kier molecular flexibility index (Phi) is 4.20. The van der Waals surface area contributed by atoms with Gasteiger partial charge >= 0.3 is 0 Å². The second kappa shape index (κ2) is 6.91. The number of hydrogen-bond donors (Lipinski definition) is 0. The molecule has 0 bridgehead atoms. The van der Waals surface area contributed by atoms with Gasteiger partial charge in [-0.1, -0.05) is 0 Å². The molecule has 0 unspecified atom stereocenters. The largest absolute Gasteiger partial charge is 0.496 e. The highest BCUT2D eigenvalue weighted by Gasteiger charge is 2.14. The Morgan fingerprint density at radius 1 is 0.633 bits per heavy atom. The number of hydrogen-bond acceptors (Lipinski definition) is 6. The number of benzene rings is 3. The highest BCUT2D eigenvalue weighted by Crippen LogP contribution is 2.32. The molecule has 6 heteroatoms. The van der Waals surface area contributed by atoms with Crippen LogP contribution < -0.4 is 9.47 Å². The fourth-order valence-electron chi connectivity index (χ4n) is 3.56. The van der Waals surface area contributed by atoms with Gasteiger partial charge in [0.25, 0.3) is 0 Å². The quantitative estimate of drug-likeness (QED) is 0.372. The van der Waals surface area contributed by atoms with E-state index in [1.54, 1.807) is 14.2 Å². The molecular weight excluding hydrogens is 380 g/mol.